The summed E-state index contributed by atoms with van der Waals surface area (Å²) >= 11 is 5.90. The molecular formula is C25H30ClN5O2. The van der Waals surface area contributed by atoms with Crippen molar-refractivity contribution in [3.8, 4) is 5.75 Å². The van der Waals surface area contributed by atoms with E-state index in [4.69, 9.17) is 16.3 Å². The zero-order valence-electron chi connectivity index (χ0n) is 19.1. The fourth-order valence-electron chi connectivity index (χ4n) is 4.87. The maximum absolute atomic E-state index is 12.6. The highest BCUT2D eigenvalue weighted by Gasteiger charge is 2.43. The largest absolute Gasteiger partial charge is 0.462 e. The number of rotatable bonds is 7. The molecule has 1 saturated heterocycles. The van der Waals surface area contributed by atoms with Crippen LogP contribution in [0.25, 0.3) is 0 Å². The minimum absolute atomic E-state index is 0.0815. The molecule has 0 spiro atoms. The Morgan fingerprint density at radius 1 is 1.30 bits per heavy atom. The molecule has 0 N–H and O–H groups in total. The molecule has 1 aliphatic carbocycles. The fraction of sp³-hybridized carbons (Fsp3) is 0.400. The van der Waals surface area contributed by atoms with Crippen LogP contribution in [0, 0.1) is 11.8 Å². The Hall–Kier alpha value is -2.90. The number of nitrogens with zero attached hydrogens (tertiary/aromatic N) is 5. The molecule has 2 aliphatic rings. The quantitative estimate of drug-likeness (QED) is 0.332. The van der Waals surface area contributed by atoms with Crippen molar-refractivity contribution < 1.29 is 9.53 Å². The van der Waals surface area contributed by atoms with Crippen LogP contribution in [-0.2, 0) is 6.54 Å². The van der Waals surface area contributed by atoms with Crippen LogP contribution >= 0.6 is 11.6 Å². The van der Waals surface area contributed by atoms with Crippen molar-refractivity contribution in [1.29, 1.82) is 0 Å². The second-order valence-corrected chi connectivity index (χ2v) is 9.34. The summed E-state index contributed by atoms with van der Waals surface area (Å²) in [7, 11) is 2.19. The number of halogens is 1. The highest BCUT2D eigenvalue weighted by molar-refractivity contribution is 6.30. The normalized spacial score (nSPS) is 22.8. The summed E-state index contributed by atoms with van der Waals surface area (Å²) in [6.45, 7) is 7.79. The average Bonchev–Trinajstić information content (AvgIpc) is 3.49. The van der Waals surface area contributed by atoms with Crippen molar-refractivity contribution in [3.05, 3.63) is 71.4 Å². The van der Waals surface area contributed by atoms with Crippen molar-refractivity contribution in [2.24, 2.45) is 16.8 Å². The van der Waals surface area contributed by atoms with Crippen molar-refractivity contribution in [1.82, 2.24) is 19.6 Å². The van der Waals surface area contributed by atoms with E-state index in [9.17, 15) is 4.79 Å². The van der Waals surface area contributed by atoms with E-state index in [1.165, 1.54) is 16.4 Å². The van der Waals surface area contributed by atoms with Gasteiger partial charge in [0, 0.05) is 31.9 Å². The van der Waals surface area contributed by atoms with Crippen LogP contribution in [0.15, 0.2) is 65.8 Å². The Morgan fingerprint density at radius 2 is 2.00 bits per heavy atom. The van der Waals surface area contributed by atoms with Crippen LogP contribution in [0.3, 0.4) is 0 Å². The number of allylic oxidation sites excluding steroid dienone is 3. The summed E-state index contributed by atoms with van der Waals surface area (Å²) in [6, 6.07) is 8.69. The minimum atomic E-state index is -0.0815. The minimum Gasteiger partial charge on any atom is -0.462 e. The predicted octanol–water partition coefficient (Wildman–Crippen LogP) is 4.84. The third-order valence-electron chi connectivity index (χ3n) is 6.52. The number of likely N-dealkylation sites (tertiary alicyclic amines) is 1. The van der Waals surface area contributed by atoms with Crippen molar-refractivity contribution >= 4 is 24.3 Å². The van der Waals surface area contributed by atoms with E-state index in [1.54, 1.807) is 18.5 Å². The van der Waals surface area contributed by atoms with Gasteiger partial charge in [0.2, 0.25) is 0 Å². The average molecular weight is 468 g/mol. The molecular weight excluding hydrogens is 438 g/mol. The Kier molecular flexibility index (Phi) is 7.30. The smallest absolute Gasteiger partial charge is 0.344 e. The van der Waals surface area contributed by atoms with Gasteiger partial charge in [-0.25, -0.2) is 4.79 Å². The van der Waals surface area contributed by atoms with Gasteiger partial charge in [-0.05, 0) is 75.2 Å². The van der Waals surface area contributed by atoms with Gasteiger partial charge in [-0.2, -0.15) is 9.78 Å². The third kappa shape index (κ3) is 5.72. The number of carbonyl (C=O) groups excluding carboxylic acids is 1. The van der Waals surface area contributed by atoms with Crippen LogP contribution in [0.2, 0.25) is 5.02 Å². The lowest BCUT2D eigenvalue weighted by molar-refractivity contribution is 0.192. The zero-order chi connectivity index (χ0) is 23.4. The number of benzene rings is 1. The fourth-order valence-corrected chi connectivity index (χ4v) is 5.01. The molecule has 2 aromatic rings. The summed E-state index contributed by atoms with van der Waals surface area (Å²) in [5.74, 6) is 2.70. The van der Waals surface area contributed by atoms with Crippen molar-refractivity contribution in [2.75, 3.05) is 20.1 Å². The van der Waals surface area contributed by atoms with E-state index >= 15 is 0 Å². The lowest BCUT2D eigenvalue weighted by atomic mass is 10.0. The summed E-state index contributed by atoms with van der Waals surface area (Å²) < 4.78 is 7.16. The molecule has 4 rings (SSSR count). The molecule has 1 aromatic heterocycles. The van der Waals surface area contributed by atoms with Crippen molar-refractivity contribution in [2.45, 2.75) is 32.4 Å². The summed E-state index contributed by atoms with van der Waals surface area (Å²) in [5, 5.41) is 4.53. The molecule has 33 heavy (non-hydrogen) atoms. The summed E-state index contributed by atoms with van der Waals surface area (Å²) in [5.41, 5.74) is 1.26. The van der Waals surface area contributed by atoms with Gasteiger partial charge in [-0.3, -0.25) is 9.89 Å². The topological polar surface area (TPSA) is 63.0 Å². The maximum Gasteiger partial charge on any atom is 0.344 e. The third-order valence-corrected chi connectivity index (χ3v) is 6.72. The molecule has 1 aromatic carbocycles. The Morgan fingerprint density at radius 3 is 2.61 bits per heavy atom. The van der Waals surface area contributed by atoms with E-state index in [0.29, 0.717) is 22.9 Å². The van der Waals surface area contributed by atoms with Gasteiger partial charge in [0.25, 0.3) is 0 Å². The first-order chi connectivity index (χ1) is 15.9. The first-order valence-electron chi connectivity index (χ1n) is 11.2. The lowest BCUT2D eigenvalue weighted by Crippen LogP contribution is -2.36. The highest BCUT2D eigenvalue weighted by Crippen LogP contribution is 2.40. The van der Waals surface area contributed by atoms with Gasteiger partial charge in [0.1, 0.15) is 11.5 Å². The number of ether oxygens (including phenoxy) is 1. The molecule has 1 saturated carbocycles. The number of amides is 1. The molecule has 8 heteroatoms. The Balaban J connectivity index is 1.26. The van der Waals surface area contributed by atoms with Gasteiger partial charge in [-0.1, -0.05) is 23.7 Å². The molecule has 2 fully saturated rings. The van der Waals surface area contributed by atoms with Gasteiger partial charge >= 0.3 is 6.03 Å². The first-order valence-corrected chi connectivity index (χ1v) is 11.6. The summed E-state index contributed by atoms with van der Waals surface area (Å²) in [6.07, 6.45) is 10.6. The van der Waals surface area contributed by atoms with E-state index in [-0.39, 0.29) is 6.03 Å². The molecule has 0 bridgehead atoms. The molecule has 0 radical (unpaired) electrons. The molecule has 7 nitrogen and oxygen atoms in total. The second-order valence-electron chi connectivity index (χ2n) is 8.90. The van der Waals surface area contributed by atoms with Crippen LogP contribution in [0.1, 0.15) is 25.3 Å². The van der Waals surface area contributed by atoms with E-state index in [0.717, 1.165) is 44.0 Å². The molecule has 174 valence electrons. The maximum atomic E-state index is 12.6. The van der Waals surface area contributed by atoms with E-state index < -0.39 is 0 Å². The Labute approximate surface area is 200 Å². The summed E-state index contributed by atoms with van der Waals surface area (Å²) in [4.78, 5) is 20.7. The molecule has 1 aliphatic heterocycles. The number of aliphatic imine (C=N–C) groups is 1. The van der Waals surface area contributed by atoms with Gasteiger partial charge < -0.3 is 9.64 Å². The first kappa shape index (κ1) is 23.3. The van der Waals surface area contributed by atoms with E-state index in [1.807, 2.05) is 30.0 Å². The number of fused-ring (bicyclic) bond motifs is 1. The van der Waals surface area contributed by atoms with Gasteiger partial charge in [0.05, 0.1) is 17.4 Å². The van der Waals surface area contributed by atoms with Crippen LogP contribution < -0.4 is 4.74 Å². The monoisotopic (exact) mass is 467 g/mol. The second kappa shape index (κ2) is 10.4. The number of hydrogen-bond acceptors (Lipinski definition) is 5. The van der Waals surface area contributed by atoms with Crippen molar-refractivity contribution in [3.63, 3.8) is 0 Å². The number of aromatic nitrogens is 2. The zero-order valence-corrected chi connectivity index (χ0v) is 19.9. The molecule has 3 atom stereocenters. The number of hydrogen-bond donors (Lipinski definition) is 0. The van der Waals surface area contributed by atoms with Crippen LogP contribution in [-0.4, -0.2) is 58.5 Å². The number of carbonyl (C=O) groups is 1. The van der Waals surface area contributed by atoms with Crippen LogP contribution in [0.5, 0.6) is 5.75 Å². The SMILES string of the molecule is C=N/C=C\C=C(/C)Oc1ccc(CN(C)[C@H]2C[C@@H]3CN(C(=O)n4cc(Cl)cn4)C[C@@H]3C2)cc1. The van der Waals surface area contributed by atoms with Gasteiger partial charge in [0.15, 0.2) is 0 Å². The van der Waals surface area contributed by atoms with E-state index in [2.05, 4.69) is 40.9 Å². The highest BCUT2D eigenvalue weighted by atomic mass is 35.5. The molecule has 1 amide bonds. The standard InChI is InChI=1S/C25H30ClN5O2/c1-18(5-4-10-27-2)33-24-8-6-19(7-9-24)14-29(3)23-11-20-15-30(16-21(20)12-23)25(32)31-17-22(26)13-28-31/h4-10,13,17,20-21,23H,2,11-12,14-16H2,1,3H3/b10-4-,18-5+/t20-,21+,23+. The lowest BCUT2D eigenvalue weighted by Gasteiger charge is -2.26. The predicted molar refractivity (Wildman–Crippen MR) is 131 cm³/mol. The molecule has 0 unspecified atom stereocenters. The van der Waals surface area contributed by atoms with Crippen LogP contribution in [0.4, 0.5) is 4.79 Å². The van der Waals surface area contributed by atoms with Gasteiger partial charge in [-0.15, -0.1) is 0 Å². The Bertz CT molecular complexity index is 1030. The molecule has 2 heterocycles.